The molecule has 0 heterocycles. The fraction of sp³-hybridized carbons (Fsp3) is 0.889. The zero-order chi connectivity index (χ0) is 15.1. The molecule has 0 aromatic heterocycles. The molecule has 0 aromatic rings. The SMILES string of the molecule is CCCCCCC[C@H](O)/C=C/[C@@H](O)CCCCCCC. The van der Waals surface area contributed by atoms with E-state index in [1.807, 2.05) is 0 Å². The van der Waals surface area contributed by atoms with Crippen molar-refractivity contribution in [2.45, 2.75) is 103 Å². The van der Waals surface area contributed by atoms with Crippen LogP contribution in [0.15, 0.2) is 12.2 Å². The highest BCUT2D eigenvalue weighted by Gasteiger charge is 2.02. The van der Waals surface area contributed by atoms with Crippen LogP contribution in [-0.2, 0) is 0 Å². The molecule has 0 aliphatic rings. The van der Waals surface area contributed by atoms with Crippen molar-refractivity contribution in [2.24, 2.45) is 0 Å². The lowest BCUT2D eigenvalue weighted by Crippen LogP contribution is -2.06. The summed E-state index contributed by atoms with van der Waals surface area (Å²) >= 11 is 0. The average molecular weight is 284 g/mol. The van der Waals surface area contributed by atoms with Gasteiger partial charge in [0.1, 0.15) is 0 Å². The molecule has 120 valence electrons. The number of unbranched alkanes of at least 4 members (excludes halogenated alkanes) is 8. The largest absolute Gasteiger partial charge is 0.389 e. The van der Waals surface area contributed by atoms with Gasteiger partial charge in [0.05, 0.1) is 12.2 Å². The van der Waals surface area contributed by atoms with Crippen molar-refractivity contribution >= 4 is 0 Å². The minimum atomic E-state index is -0.383. The summed E-state index contributed by atoms with van der Waals surface area (Å²) in [6.07, 6.45) is 16.7. The van der Waals surface area contributed by atoms with Crippen LogP contribution in [-0.4, -0.2) is 22.4 Å². The first kappa shape index (κ1) is 19.7. The number of aliphatic hydroxyl groups excluding tert-OH is 2. The van der Waals surface area contributed by atoms with Crippen molar-refractivity contribution in [1.29, 1.82) is 0 Å². The number of rotatable bonds is 14. The van der Waals surface area contributed by atoms with Gasteiger partial charge >= 0.3 is 0 Å². The van der Waals surface area contributed by atoms with E-state index in [9.17, 15) is 10.2 Å². The van der Waals surface area contributed by atoms with Crippen molar-refractivity contribution in [3.63, 3.8) is 0 Å². The highest BCUT2D eigenvalue weighted by Crippen LogP contribution is 2.10. The third-order valence-corrected chi connectivity index (χ3v) is 3.76. The first-order valence-corrected chi connectivity index (χ1v) is 8.75. The van der Waals surface area contributed by atoms with Gasteiger partial charge in [-0.1, -0.05) is 90.2 Å². The lowest BCUT2D eigenvalue weighted by Gasteiger charge is -2.08. The Morgan fingerprint density at radius 2 is 0.950 bits per heavy atom. The first-order chi connectivity index (χ1) is 9.70. The monoisotopic (exact) mass is 284 g/mol. The van der Waals surface area contributed by atoms with E-state index in [0.717, 1.165) is 25.7 Å². The third-order valence-electron chi connectivity index (χ3n) is 3.76. The zero-order valence-electron chi connectivity index (χ0n) is 13.7. The van der Waals surface area contributed by atoms with E-state index in [2.05, 4.69) is 13.8 Å². The van der Waals surface area contributed by atoms with E-state index in [0.29, 0.717) is 0 Å². The minimum absolute atomic E-state index is 0.383. The van der Waals surface area contributed by atoms with Crippen LogP contribution in [0.25, 0.3) is 0 Å². The van der Waals surface area contributed by atoms with Crippen LogP contribution >= 0.6 is 0 Å². The molecule has 2 heteroatoms. The Morgan fingerprint density at radius 3 is 1.30 bits per heavy atom. The van der Waals surface area contributed by atoms with Crippen molar-refractivity contribution < 1.29 is 10.2 Å². The van der Waals surface area contributed by atoms with Gasteiger partial charge in [0.15, 0.2) is 0 Å². The fourth-order valence-electron chi connectivity index (χ4n) is 2.36. The average Bonchev–Trinajstić information content (AvgIpc) is 2.44. The number of hydrogen-bond acceptors (Lipinski definition) is 2. The Hall–Kier alpha value is -0.340. The summed E-state index contributed by atoms with van der Waals surface area (Å²) < 4.78 is 0. The second-order valence-corrected chi connectivity index (χ2v) is 5.93. The molecule has 0 amide bonds. The Labute approximate surface area is 126 Å². The molecule has 0 radical (unpaired) electrons. The van der Waals surface area contributed by atoms with Crippen molar-refractivity contribution in [3.05, 3.63) is 12.2 Å². The number of aliphatic hydroxyl groups is 2. The van der Waals surface area contributed by atoms with Crippen LogP contribution in [0.3, 0.4) is 0 Å². The summed E-state index contributed by atoms with van der Waals surface area (Å²) in [5, 5.41) is 19.6. The second kappa shape index (κ2) is 15.1. The molecule has 0 aliphatic carbocycles. The Morgan fingerprint density at radius 1 is 0.600 bits per heavy atom. The van der Waals surface area contributed by atoms with Crippen molar-refractivity contribution in [1.82, 2.24) is 0 Å². The fourth-order valence-corrected chi connectivity index (χ4v) is 2.36. The summed E-state index contributed by atoms with van der Waals surface area (Å²) in [6.45, 7) is 4.42. The molecule has 0 spiro atoms. The lowest BCUT2D eigenvalue weighted by molar-refractivity contribution is 0.192. The molecular weight excluding hydrogens is 248 g/mol. The summed E-state index contributed by atoms with van der Waals surface area (Å²) in [6, 6.07) is 0. The Balaban J connectivity index is 3.49. The highest BCUT2D eigenvalue weighted by atomic mass is 16.3. The van der Waals surface area contributed by atoms with Crippen LogP contribution < -0.4 is 0 Å². The molecule has 0 bridgehead atoms. The lowest BCUT2D eigenvalue weighted by atomic mass is 10.1. The maximum Gasteiger partial charge on any atom is 0.0721 e. The topological polar surface area (TPSA) is 40.5 Å². The van der Waals surface area contributed by atoms with E-state index in [-0.39, 0.29) is 12.2 Å². The molecule has 2 nitrogen and oxygen atoms in total. The van der Waals surface area contributed by atoms with Crippen molar-refractivity contribution in [3.8, 4) is 0 Å². The molecule has 0 aromatic carbocycles. The molecule has 2 N–H and O–H groups in total. The van der Waals surface area contributed by atoms with Gasteiger partial charge in [0.25, 0.3) is 0 Å². The molecule has 0 saturated heterocycles. The van der Waals surface area contributed by atoms with Gasteiger partial charge < -0.3 is 10.2 Å². The van der Waals surface area contributed by atoms with Gasteiger partial charge in [-0.25, -0.2) is 0 Å². The first-order valence-electron chi connectivity index (χ1n) is 8.75. The van der Waals surface area contributed by atoms with Gasteiger partial charge in [-0.05, 0) is 12.8 Å². The zero-order valence-corrected chi connectivity index (χ0v) is 13.7. The minimum Gasteiger partial charge on any atom is -0.389 e. The van der Waals surface area contributed by atoms with Gasteiger partial charge in [-0.2, -0.15) is 0 Å². The van der Waals surface area contributed by atoms with Crippen LogP contribution in [0.5, 0.6) is 0 Å². The molecule has 0 aliphatic heterocycles. The van der Waals surface area contributed by atoms with Gasteiger partial charge in [0.2, 0.25) is 0 Å². The van der Waals surface area contributed by atoms with Gasteiger partial charge in [-0.15, -0.1) is 0 Å². The van der Waals surface area contributed by atoms with Crippen LogP contribution in [0.1, 0.15) is 90.9 Å². The van der Waals surface area contributed by atoms with E-state index >= 15 is 0 Å². The number of hydrogen-bond donors (Lipinski definition) is 2. The summed E-state index contributed by atoms with van der Waals surface area (Å²) in [5.74, 6) is 0. The van der Waals surface area contributed by atoms with Crippen LogP contribution in [0, 0.1) is 0 Å². The summed E-state index contributed by atoms with van der Waals surface area (Å²) in [4.78, 5) is 0. The summed E-state index contributed by atoms with van der Waals surface area (Å²) in [5.41, 5.74) is 0. The molecule has 20 heavy (non-hydrogen) atoms. The third kappa shape index (κ3) is 14.1. The molecule has 0 fully saturated rings. The van der Waals surface area contributed by atoms with Crippen molar-refractivity contribution in [2.75, 3.05) is 0 Å². The maximum atomic E-state index is 9.80. The van der Waals surface area contributed by atoms with Crippen LogP contribution in [0.4, 0.5) is 0 Å². The standard InChI is InChI=1S/C18H36O2/c1-3-5-7-9-11-13-17(19)15-16-18(20)14-12-10-8-6-4-2/h15-20H,3-14H2,1-2H3/b16-15+/t17-,18-/m0/s1. The van der Waals surface area contributed by atoms with Gasteiger partial charge in [-0.3, -0.25) is 0 Å². The van der Waals surface area contributed by atoms with E-state index in [1.54, 1.807) is 12.2 Å². The Kier molecular flexibility index (Phi) is 14.8. The van der Waals surface area contributed by atoms with Gasteiger partial charge in [0, 0.05) is 0 Å². The molecular formula is C18H36O2. The molecule has 2 atom stereocenters. The van der Waals surface area contributed by atoms with E-state index in [1.165, 1.54) is 51.4 Å². The van der Waals surface area contributed by atoms with E-state index in [4.69, 9.17) is 0 Å². The second-order valence-electron chi connectivity index (χ2n) is 5.93. The quantitative estimate of drug-likeness (QED) is 0.348. The highest BCUT2D eigenvalue weighted by molar-refractivity contribution is 4.93. The normalized spacial score (nSPS) is 14.8. The van der Waals surface area contributed by atoms with E-state index < -0.39 is 0 Å². The predicted molar refractivity (Wildman–Crippen MR) is 87.9 cm³/mol. The molecule has 0 saturated carbocycles. The summed E-state index contributed by atoms with van der Waals surface area (Å²) in [7, 11) is 0. The predicted octanol–water partition coefficient (Wildman–Crippen LogP) is 4.99. The van der Waals surface area contributed by atoms with Crippen LogP contribution in [0.2, 0.25) is 0 Å². The smallest absolute Gasteiger partial charge is 0.0721 e. The Bertz CT molecular complexity index is 191. The molecule has 0 unspecified atom stereocenters. The molecule has 0 rings (SSSR count). The maximum absolute atomic E-state index is 9.80.